The largest absolute Gasteiger partial charge is 0.495 e. The molecular weight excluding hydrogens is 378 g/mol. The van der Waals surface area contributed by atoms with Gasteiger partial charge in [-0.1, -0.05) is 6.92 Å². The fourth-order valence-electron chi connectivity index (χ4n) is 3.47. The molecule has 2 rings (SSSR count). The lowest BCUT2D eigenvalue weighted by molar-refractivity contribution is 0.0952. The molecule has 8 heteroatoms. The molecule has 0 bridgehead atoms. The summed E-state index contributed by atoms with van der Waals surface area (Å²) in [5.41, 5.74) is 0.311. The van der Waals surface area contributed by atoms with Gasteiger partial charge in [0.15, 0.2) is 0 Å². The number of hydrogen-bond donors (Lipinski definition) is 1. The Morgan fingerprint density at radius 2 is 2.07 bits per heavy atom. The Kier molecular flexibility index (Phi) is 8.27. The molecule has 1 aromatic carbocycles. The number of carbonyl (C=O) groups is 1. The number of ether oxygens (including phenoxy) is 1. The third kappa shape index (κ3) is 5.93. The normalized spacial score (nSPS) is 18.2. The summed E-state index contributed by atoms with van der Waals surface area (Å²) in [5, 5.41) is 2.88. The summed E-state index contributed by atoms with van der Waals surface area (Å²) in [7, 11) is 0.609. The fourth-order valence-corrected chi connectivity index (χ4v) is 4.55. The lowest BCUT2D eigenvalue weighted by atomic mass is 10.0. The highest BCUT2D eigenvalue weighted by Gasteiger charge is 2.24. The first kappa shape index (κ1) is 22.6. The van der Waals surface area contributed by atoms with Crippen molar-refractivity contribution in [1.82, 2.24) is 14.5 Å². The predicted octanol–water partition coefficient (Wildman–Crippen LogP) is 2.19. The summed E-state index contributed by atoms with van der Waals surface area (Å²) < 4.78 is 31.2. The molecule has 1 amide bonds. The Morgan fingerprint density at radius 3 is 2.71 bits per heavy atom. The summed E-state index contributed by atoms with van der Waals surface area (Å²) in [6.45, 7) is 6.27. The molecule has 1 atom stereocenters. The maximum atomic E-state index is 12.5. The number of benzene rings is 1. The molecule has 1 aliphatic rings. The third-order valence-corrected chi connectivity index (χ3v) is 6.95. The number of carbonyl (C=O) groups excluding carboxylic acids is 1. The molecule has 1 aromatic rings. The van der Waals surface area contributed by atoms with E-state index < -0.39 is 10.0 Å². The van der Waals surface area contributed by atoms with Gasteiger partial charge in [0, 0.05) is 32.7 Å². The van der Waals surface area contributed by atoms with Crippen molar-refractivity contribution in [3.8, 4) is 5.75 Å². The number of amides is 1. The Balaban J connectivity index is 1.88. The van der Waals surface area contributed by atoms with Crippen LogP contribution < -0.4 is 10.1 Å². The van der Waals surface area contributed by atoms with Gasteiger partial charge in [-0.05, 0) is 62.9 Å². The van der Waals surface area contributed by atoms with Crippen LogP contribution >= 0.6 is 0 Å². The summed E-state index contributed by atoms with van der Waals surface area (Å²) in [4.78, 5) is 14.9. The van der Waals surface area contributed by atoms with Crippen LogP contribution in [0.15, 0.2) is 23.1 Å². The zero-order valence-electron chi connectivity index (χ0n) is 17.4. The van der Waals surface area contributed by atoms with E-state index in [0.717, 1.165) is 29.6 Å². The van der Waals surface area contributed by atoms with E-state index in [4.69, 9.17) is 4.74 Å². The minimum atomic E-state index is -3.70. The van der Waals surface area contributed by atoms with Gasteiger partial charge in [0.2, 0.25) is 10.0 Å². The lowest BCUT2D eigenvalue weighted by Gasteiger charge is -2.30. The van der Waals surface area contributed by atoms with E-state index in [-0.39, 0.29) is 16.6 Å². The number of nitrogens with zero attached hydrogens (tertiary/aromatic N) is 2. The van der Waals surface area contributed by atoms with Crippen LogP contribution in [0.25, 0.3) is 0 Å². The van der Waals surface area contributed by atoms with E-state index in [0.29, 0.717) is 12.1 Å². The quantitative estimate of drug-likeness (QED) is 0.630. The van der Waals surface area contributed by atoms with Crippen LogP contribution in [0.2, 0.25) is 0 Å². The van der Waals surface area contributed by atoms with Crippen molar-refractivity contribution in [3.63, 3.8) is 0 Å². The molecule has 1 N–H and O–H groups in total. The molecule has 1 aliphatic heterocycles. The second kappa shape index (κ2) is 10.2. The number of sulfonamides is 1. The van der Waals surface area contributed by atoms with Gasteiger partial charge in [0.1, 0.15) is 10.6 Å². The van der Waals surface area contributed by atoms with Gasteiger partial charge in [-0.25, -0.2) is 12.7 Å². The van der Waals surface area contributed by atoms with Crippen LogP contribution in [0.1, 0.15) is 43.0 Å². The molecule has 1 heterocycles. The van der Waals surface area contributed by atoms with Gasteiger partial charge in [-0.15, -0.1) is 0 Å². The third-order valence-electron chi connectivity index (χ3n) is 5.11. The van der Waals surface area contributed by atoms with Crippen LogP contribution in [0, 0.1) is 5.92 Å². The average Bonchev–Trinajstić information content (AvgIpc) is 2.67. The van der Waals surface area contributed by atoms with E-state index in [1.807, 2.05) is 0 Å². The molecule has 0 saturated carbocycles. The average molecular weight is 412 g/mol. The lowest BCUT2D eigenvalue weighted by Crippen LogP contribution is -2.35. The van der Waals surface area contributed by atoms with E-state index in [1.54, 1.807) is 6.07 Å². The van der Waals surface area contributed by atoms with Gasteiger partial charge in [-0.3, -0.25) is 4.79 Å². The van der Waals surface area contributed by atoms with E-state index in [9.17, 15) is 13.2 Å². The molecule has 1 fully saturated rings. The predicted molar refractivity (Wildman–Crippen MR) is 110 cm³/mol. The molecule has 1 saturated heterocycles. The van der Waals surface area contributed by atoms with Crippen molar-refractivity contribution in [2.45, 2.75) is 37.5 Å². The van der Waals surface area contributed by atoms with Gasteiger partial charge in [-0.2, -0.15) is 0 Å². The first-order chi connectivity index (χ1) is 13.3. The van der Waals surface area contributed by atoms with Crippen LogP contribution in [0.4, 0.5) is 0 Å². The molecule has 158 valence electrons. The molecule has 0 aliphatic carbocycles. The van der Waals surface area contributed by atoms with Crippen molar-refractivity contribution in [1.29, 1.82) is 0 Å². The Hall–Kier alpha value is -1.64. The molecule has 1 unspecified atom stereocenters. The number of piperidine rings is 1. The molecule has 7 nitrogen and oxygen atoms in total. The zero-order valence-corrected chi connectivity index (χ0v) is 18.2. The van der Waals surface area contributed by atoms with Crippen molar-refractivity contribution >= 4 is 15.9 Å². The minimum absolute atomic E-state index is 0.00753. The van der Waals surface area contributed by atoms with Crippen molar-refractivity contribution in [2.24, 2.45) is 5.92 Å². The maximum absolute atomic E-state index is 12.5. The van der Waals surface area contributed by atoms with Crippen molar-refractivity contribution in [3.05, 3.63) is 23.8 Å². The number of unbranched alkanes of at least 4 members (excludes halogenated alkanes) is 1. The molecule has 0 radical (unpaired) electrons. The highest BCUT2D eigenvalue weighted by molar-refractivity contribution is 7.89. The summed E-state index contributed by atoms with van der Waals surface area (Å²) in [5.74, 6) is 0.724. The standard InChI is InChI=1S/C20H33N3O4S/c1-16-8-7-13-23(15-16)12-6-5-11-21-20(24)17-9-10-18(27-4)19(14-17)28(25,26)22(2)3/h9-10,14,16H,5-8,11-13,15H2,1-4H3,(H,21,24). The Labute approximate surface area is 169 Å². The Morgan fingerprint density at radius 1 is 1.32 bits per heavy atom. The number of methoxy groups -OCH3 is 1. The number of likely N-dealkylation sites (tertiary alicyclic amines) is 1. The number of hydrogen-bond acceptors (Lipinski definition) is 5. The van der Waals surface area contributed by atoms with E-state index in [2.05, 4.69) is 17.1 Å². The second-order valence-corrected chi connectivity index (χ2v) is 9.78. The minimum Gasteiger partial charge on any atom is -0.495 e. The topological polar surface area (TPSA) is 79.0 Å². The Bertz CT molecular complexity index is 765. The summed E-state index contributed by atoms with van der Waals surface area (Å²) >= 11 is 0. The van der Waals surface area contributed by atoms with E-state index in [1.165, 1.54) is 59.3 Å². The molecule has 28 heavy (non-hydrogen) atoms. The van der Waals surface area contributed by atoms with Gasteiger partial charge >= 0.3 is 0 Å². The summed E-state index contributed by atoms with van der Waals surface area (Å²) in [6, 6.07) is 4.47. The van der Waals surface area contributed by atoms with Crippen LogP contribution in [0.3, 0.4) is 0 Å². The first-order valence-corrected chi connectivity index (χ1v) is 11.3. The number of rotatable bonds is 9. The number of nitrogens with one attached hydrogen (secondary N) is 1. The zero-order chi connectivity index (χ0) is 20.7. The highest BCUT2D eigenvalue weighted by Crippen LogP contribution is 2.26. The van der Waals surface area contributed by atoms with Crippen LogP contribution in [-0.4, -0.2) is 70.9 Å². The fraction of sp³-hybridized carbons (Fsp3) is 0.650. The SMILES string of the molecule is COc1ccc(C(=O)NCCCCN2CCCC(C)C2)cc1S(=O)(=O)N(C)C. The first-order valence-electron chi connectivity index (χ1n) is 9.87. The molecule has 0 aromatic heterocycles. The molecular formula is C20H33N3O4S. The monoisotopic (exact) mass is 411 g/mol. The highest BCUT2D eigenvalue weighted by atomic mass is 32.2. The van der Waals surface area contributed by atoms with Crippen molar-refractivity contribution in [2.75, 3.05) is 47.4 Å². The van der Waals surface area contributed by atoms with Crippen LogP contribution in [-0.2, 0) is 10.0 Å². The van der Waals surface area contributed by atoms with E-state index >= 15 is 0 Å². The molecule has 0 spiro atoms. The van der Waals surface area contributed by atoms with Crippen LogP contribution in [0.5, 0.6) is 5.75 Å². The van der Waals surface area contributed by atoms with Gasteiger partial charge < -0.3 is 15.0 Å². The summed E-state index contributed by atoms with van der Waals surface area (Å²) in [6.07, 6.45) is 4.53. The van der Waals surface area contributed by atoms with Gasteiger partial charge in [0.05, 0.1) is 7.11 Å². The smallest absolute Gasteiger partial charge is 0.251 e. The maximum Gasteiger partial charge on any atom is 0.251 e. The second-order valence-electron chi connectivity index (χ2n) is 7.66. The van der Waals surface area contributed by atoms with Gasteiger partial charge in [0.25, 0.3) is 5.91 Å². The van der Waals surface area contributed by atoms with Crippen molar-refractivity contribution < 1.29 is 17.9 Å².